The summed E-state index contributed by atoms with van der Waals surface area (Å²) in [4.78, 5) is 14.7. The van der Waals surface area contributed by atoms with Gasteiger partial charge in [0.05, 0.1) is 30.8 Å². The Bertz CT molecular complexity index is 1710. The van der Waals surface area contributed by atoms with Crippen LogP contribution >= 0.6 is 0 Å². The summed E-state index contributed by atoms with van der Waals surface area (Å²) in [7, 11) is 0. The summed E-state index contributed by atoms with van der Waals surface area (Å²) in [5, 5.41) is 94.8. The number of aliphatic hydroxyl groups is 9. The van der Waals surface area contributed by atoms with E-state index < -0.39 is 104 Å². The standard InChI is InChI=1S/C47H76O16/c1-21-11-16-47(42(57)63-40-37(56)35(54)33(52)26(19-48)60-40)18-17-45(7)24(30(47)22(21)2)9-10-28-44(6)14-13-29(43(4,5)27(44)12-15-46(28,45)8)61-41-38(32(51)25(49)20-58-41)62-39-36(55)34(53)31(50)23(3)59-39/h9,21-23,25-41,48-56H,10-20H2,1-8H3/t21-,22+,23+,25+,26-,27+,28-,29+,30+,31+,32+,33-,34-,35+,36-,37-,38-,39+,40+,41+,44+,45-,46-,47+/m1/s1. The van der Waals surface area contributed by atoms with Gasteiger partial charge in [0.15, 0.2) is 12.6 Å². The average Bonchev–Trinajstić information content (AvgIpc) is 3.24. The van der Waals surface area contributed by atoms with Crippen LogP contribution in [0.15, 0.2) is 11.6 Å². The molecule has 16 heteroatoms. The predicted molar refractivity (Wildman–Crippen MR) is 223 cm³/mol. The Morgan fingerprint density at radius 1 is 0.714 bits per heavy atom. The molecule has 4 saturated carbocycles. The summed E-state index contributed by atoms with van der Waals surface area (Å²) in [6.45, 7) is 17.1. The normalized spacial score (nSPS) is 55.6. The molecule has 9 N–H and O–H groups in total. The molecule has 0 aromatic rings. The van der Waals surface area contributed by atoms with E-state index >= 15 is 0 Å². The molecular formula is C47H76O16. The molecule has 24 atom stereocenters. The van der Waals surface area contributed by atoms with Gasteiger partial charge in [-0.05, 0) is 116 Å². The van der Waals surface area contributed by atoms with Crippen molar-refractivity contribution in [1.29, 1.82) is 0 Å². The molecule has 63 heavy (non-hydrogen) atoms. The third-order valence-electron chi connectivity index (χ3n) is 19.2. The summed E-state index contributed by atoms with van der Waals surface area (Å²) >= 11 is 0. The van der Waals surface area contributed by atoms with E-state index in [0.717, 1.165) is 38.5 Å². The molecule has 5 aliphatic carbocycles. The van der Waals surface area contributed by atoms with Crippen LogP contribution in [0.3, 0.4) is 0 Å². The summed E-state index contributed by atoms with van der Waals surface area (Å²) in [6, 6.07) is 0. The van der Waals surface area contributed by atoms with Gasteiger partial charge in [0.25, 0.3) is 0 Å². The van der Waals surface area contributed by atoms with E-state index in [1.807, 2.05) is 0 Å². The van der Waals surface area contributed by atoms with Crippen molar-refractivity contribution in [3.8, 4) is 0 Å². The number of hydrogen-bond donors (Lipinski definition) is 9. The van der Waals surface area contributed by atoms with Crippen molar-refractivity contribution in [2.75, 3.05) is 13.2 Å². The molecule has 8 rings (SSSR count). The van der Waals surface area contributed by atoms with Crippen molar-refractivity contribution in [1.82, 2.24) is 0 Å². The van der Waals surface area contributed by atoms with Crippen LogP contribution in [0, 0.1) is 56.7 Å². The van der Waals surface area contributed by atoms with E-state index in [4.69, 9.17) is 28.4 Å². The Hall–Kier alpha value is -1.35. The second-order valence-corrected chi connectivity index (χ2v) is 22.4. The van der Waals surface area contributed by atoms with Crippen LogP contribution < -0.4 is 0 Å². The maximum Gasteiger partial charge on any atom is 0.315 e. The number of allylic oxidation sites excluding steroid dienone is 2. The number of hydrogen-bond acceptors (Lipinski definition) is 16. The van der Waals surface area contributed by atoms with Crippen molar-refractivity contribution in [2.24, 2.45) is 56.7 Å². The van der Waals surface area contributed by atoms with Crippen LogP contribution in [0.1, 0.15) is 113 Å². The number of ether oxygens (including phenoxy) is 6. The highest BCUT2D eigenvalue weighted by molar-refractivity contribution is 5.79. The van der Waals surface area contributed by atoms with Crippen molar-refractivity contribution in [3.05, 3.63) is 11.6 Å². The van der Waals surface area contributed by atoms with E-state index in [1.54, 1.807) is 6.92 Å². The van der Waals surface area contributed by atoms with Gasteiger partial charge in [0.1, 0.15) is 61.0 Å². The van der Waals surface area contributed by atoms with E-state index in [0.29, 0.717) is 31.1 Å². The largest absolute Gasteiger partial charge is 0.432 e. The lowest BCUT2D eigenvalue weighted by atomic mass is 9.33. The highest BCUT2D eigenvalue weighted by Crippen LogP contribution is 2.76. The van der Waals surface area contributed by atoms with E-state index in [9.17, 15) is 50.8 Å². The minimum absolute atomic E-state index is 0.0877. The smallest absolute Gasteiger partial charge is 0.315 e. The Balaban J connectivity index is 1.04. The maximum atomic E-state index is 14.7. The molecule has 0 bridgehead atoms. The summed E-state index contributed by atoms with van der Waals surface area (Å²) < 4.78 is 36.3. The highest BCUT2D eigenvalue weighted by atomic mass is 16.8. The van der Waals surface area contributed by atoms with Gasteiger partial charge in [-0.1, -0.05) is 60.1 Å². The molecule has 0 unspecified atom stereocenters. The number of rotatable bonds is 7. The number of fused-ring (bicyclic) bond motifs is 7. The average molecular weight is 897 g/mol. The van der Waals surface area contributed by atoms with Crippen LogP contribution in [-0.4, -0.2) is 157 Å². The lowest BCUT2D eigenvalue weighted by Crippen LogP contribution is -2.66. The van der Waals surface area contributed by atoms with Crippen molar-refractivity contribution in [3.63, 3.8) is 0 Å². The third-order valence-corrected chi connectivity index (χ3v) is 19.2. The first-order valence-electron chi connectivity index (χ1n) is 23.7. The van der Waals surface area contributed by atoms with Gasteiger partial charge >= 0.3 is 5.97 Å². The molecule has 0 spiro atoms. The molecule has 3 heterocycles. The monoisotopic (exact) mass is 897 g/mol. The highest BCUT2D eigenvalue weighted by Gasteiger charge is 2.70. The quantitative estimate of drug-likeness (QED) is 0.100. The van der Waals surface area contributed by atoms with Gasteiger partial charge in [-0.2, -0.15) is 0 Å². The lowest BCUT2D eigenvalue weighted by Gasteiger charge is -2.71. The second-order valence-electron chi connectivity index (χ2n) is 22.4. The van der Waals surface area contributed by atoms with Crippen LogP contribution in [0.5, 0.6) is 0 Å². The van der Waals surface area contributed by atoms with Gasteiger partial charge in [-0.15, -0.1) is 0 Å². The zero-order valence-corrected chi connectivity index (χ0v) is 38.3. The van der Waals surface area contributed by atoms with Gasteiger partial charge < -0.3 is 74.4 Å². The Morgan fingerprint density at radius 2 is 1.40 bits per heavy atom. The van der Waals surface area contributed by atoms with Gasteiger partial charge in [0, 0.05) is 0 Å². The lowest BCUT2D eigenvalue weighted by molar-refractivity contribution is -0.364. The Kier molecular flexibility index (Phi) is 13.0. The SMILES string of the molecule is C[C@H]1[C@H](C)CC[C@]2(C(=O)O[C@@H]3O[C@H](CO)[C@@H](O)[C@H](O)[C@H]3O)CC[C@]3(C)C(=CC[C@@H]4[C@@]5(C)CC[C@H](O[C@@H]6OC[C@H](O)[C@H](O)[C@H]6O[C@@H]6O[C@@H](C)[C@H](O)[C@@H](O)[C@H]6O)C(C)(C)[C@@H]5CC[C@]43C)[C@H]12. The first-order valence-corrected chi connectivity index (χ1v) is 23.7. The zero-order chi connectivity index (χ0) is 45.9. The van der Waals surface area contributed by atoms with Gasteiger partial charge in [-0.3, -0.25) is 4.79 Å². The predicted octanol–water partition coefficient (Wildman–Crippen LogP) is 1.66. The minimum Gasteiger partial charge on any atom is -0.432 e. The molecule has 0 aromatic heterocycles. The molecule has 3 aliphatic heterocycles. The van der Waals surface area contributed by atoms with Crippen LogP contribution in [-0.2, 0) is 33.2 Å². The number of aliphatic hydroxyl groups excluding tert-OH is 9. The number of carbonyl (C=O) groups excluding carboxylic acids is 1. The van der Waals surface area contributed by atoms with Crippen LogP contribution in [0.2, 0.25) is 0 Å². The minimum atomic E-state index is -1.67. The maximum absolute atomic E-state index is 14.7. The van der Waals surface area contributed by atoms with Crippen LogP contribution in [0.25, 0.3) is 0 Å². The first kappa shape index (κ1) is 48.1. The van der Waals surface area contributed by atoms with E-state index in [-0.39, 0.29) is 52.1 Å². The molecule has 16 nitrogen and oxygen atoms in total. The van der Waals surface area contributed by atoms with E-state index in [2.05, 4.69) is 54.5 Å². The molecule has 3 saturated heterocycles. The topological polar surface area (TPSA) is 255 Å². The fraction of sp³-hybridized carbons (Fsp3) is 0.936. The number of esters is 1. The van der Waals surface area contributed by atoms with E-state index in [1.165, 1.54) is 5.57 Å². The molecule has 0 aromatic carbocycles. The third kappa shape index (κ3) is 7.33. The van der Waals surface area contributed by atoms with Gasteiger partial charge in [-0.25, -0.2) is 0 Å². The molecule has 8 aliphatic rings. The fourth-order valence-electron chi connectivity index (χ4n) is 14.9. The van der Waals surface area contributed by atoms with Crippen molar-refractivity contribution < 1.29 is 79.2 Å². The fourth-order valence-corrected chi connectivity index (χ4v) is 14.9. The molecule has 0 radical (unpaired) electrons. The van der Waals surface area contributed by atoms with Crippen molar-refractivity contribution in [2.45, 2.75) is 205 Å². The summed E-state index contributed by atoms with van der Waals surface area (Å²) in [5.41, 5.74) is -0.343. The first-order chi connectivity index (χ1) is 29.5. The number of carbonyl (C=O) groups is 1. The molecule has 360 valence electrons. The zero-order valence-electron chi connectivity index (χ0n) is 38.3. The second kappa shape index (κ2) is 17.0. The summed E-state index contributed by atoms with van der Waals surface area (Å²) in [5.74, 6) is 0.490. The van der Waals surface area contributed by atoms with Crippen molar-refractivity contribution >= 4 is 5.97 Å². The van der Waals surface area contributed by atoms with Gasteiger partial charge in [0.2, 0.25) is 6.29 Å². The molecular weight excluding hydrogens is 821 g/mol. The summed E-state index contributed by atoms with van der Waals surface area (Å²) in [6.07, 6.45) is -10.2. The Morgan fingerprint density at radius 3 is 2.10 bits per heavy atom. The Labute approximate surface area is 371 Å². The molecule has 0 amide bonds. The molecule has 7 fully saturated rings. The van der Waals surface area contributed by atoms with Crippen LogP contribution in [0.4, 0.5) is 0 Å².